The second-order valence-corrected chi connectivity index (χ2v) is 7.74. The molecule has 0 amide bonds. The molecule has 1 aromatic carbocycles. The number of fused-ring (bicyclic) bond motifs is 1. The van der Waals surface area contributed by atoms with E-state index < -0.39 is 5.63 Å². The summed E-state index contributed by atoms with van der Waals surface area (Å²) in [5, 5.41) is 11.2. The summed E-state index contributed by atoms with van der Waals surface area (Å²) >= 11 is 0. The lowest BCUT2D eigenvalue weighted by Crippen LogP contribution is -2.12. The summed E-state index contributed by atoms with van der Waals surface area (Å²) in [4.78, 5) is 12.6. The molecule has 0 unspecified atom stereocenters. The largest absolute Gasteiger partial charge is 0.507 e. The lowest BCUT2D eigenvalue weighted by atomic mass is 9.92. The first-order valence-corrected chi connectivity index (χ1v) is 10.00. The minimum absolute atomic E-state index is 0.0379. The monoisotopic (exact) mass is 408 g/mol. The third-order valence-electron chi connectivity index (χ3n) is 5.38. The zero-order valence-corrected chi connectivity index (χ0v) is 18.1. The number of rotatable bonds is 7. The van der Waals surface area contributed by atoms with E-state index in [0.717, 1.165) is 29.7 Å². The Morgan fingerprint density at radius 2 is 2.00 bits per heavy atom. The maximum atomic E-state index is 12.6. The van der Waals surface area contributed by atoms with Crippen LogP contribution in [0.5, 0.6) is 11.5 Å². The van der Waals surface area contributed by atoms with Crippen molar-refractivity contribution in [1.29, 1.82) is 0 Å². The maximum absolute atomic E-state index is 12.6. The minimum Gasteiger partial charge on any atom is -0.507 e. The average molecular weight is 408 g/mol. The maximum Gasteiger partial charge on any atom is 0.343 e. The van der Waals surface area contributed by atoms with Gasteiger partial charge in [-0.1, -0.05) is 30.2 Å². The van der Waals surface area contributed by atoms with Gasteiger partial charge < -0.3 is 18.7 Å². The van der Waals surface area contributed by atoms with Crippen LogP contribution in [-0.4, -0.2) is 12.2 Å². The fraction of sp³-hybridized carbons (Fsp3) is 0.320. The van der Waals surface area contributed by atoms with Crippen LogP contribution in [0.2, 0.25) is 0 Å². The fourth-order valence-corrected chi connectivity index (χ4v) is 3.47. The van der Waals surface area contributed by atoms with Crippen LogP contribution in [-0.2, 0) is 6.42 Å². The predicted molar refractivity (Wildman–Crippen MR) is 118 cm³/mol. The molecule has 158 valence electrons. The van der Waals surface area contributed by atoms with E-state index in [1.807, 2.05) is 26.8 Å². The molecule has 5 heteroatoms. The van der Waals surface area contributed by atoms with E-state index in [2.05, 4.69) is 19.1 Å². The molecular weight excluding hydrogens is 380 g/mol. The molecule has 1 atom stereocenters. The molecule has 0 fully saturated rings. The summed E-state index contributed by atoms with van der Waals surface area (Å²) in [5.41, 5.74) is 3.36. The first kappa shape index (κ1) is 21.5. The van der Waals surface area contributed by atoms with Crippen LogP contribution in [0.15, 0.2) is 67.5 Å². The Hall–Kier alpha value is -3.21. The van der Waals surface area contributed by atoms with E-state index >= 15 is 0 Å². The van der Waals surface area contributed by atoms with Crippen LogP contribution in [0.1, 0.15) is 50.0 Å². The first-order valence-electron chi connectivity index (χ1n) is 10.00. The number of hydrogen-bond acceptors (Lipinski definition) is 5. The van der Waals surface area contributed by atoms with Crippen molar-refractivity contribution < 1.29 is 18.7 Å². The van der Waals surface area contributed by atoms with Gasteiger partial charge in [-0.25, -0.2) is 4.79 Å². The SMILES string of the molecule is COc1ccc2c(O)c([C@H](C)/C(C)=C/C/C=C(\C)Cc3cc(C)co3)c(=O)oc2c1. The van der Waals surface area contributed by atoms with Gasteiger partial charge in [0.25, 0.3) is 0 Å². The van der Waals surface area contributed by atoms with Crippen LogP contribution < -0.4 is 10.4 Å². The Morgan fingerprint density at radius 1 is 1.23 bits per heavy atom. The van der Waals surface area contributed by atoms with Gasteiger partial charge in [-0.15, -0.1) is 0 Å². The normalized spacial score (nSPS) is 13.6. The van der Waals surface area contributed by atoms with E-state index in [1.165, 1.54) is 12.7 Å². The second-order valence-electron chi connectivity index (χ2n) is 7.74. The van der Waals surface area contributed by atoms with E-state index in [-0.39, 0.29) is 17.2 Å². The number of benzene rings is 1. The van der Waals surface area contributed by atoms with Gasteiger partial charge in [0.05, 0.1) is 24.3 Å². The van der Waals surface area contributed by atoms with Crippen molar-refractivity contribution in [3.8, 4) is 11.5 Å². The molecule has 0 aliphatic heterocycles. The van der Waals surface area contributed by atoms with Crippen molar-refractivity contribution in [1.82, 2.24) is 0 Å². The van der Waals surface area contributed by atoms with Gasteiger partial charge in [0.1, 0.15) is 22.8 Å². The zero-order valence-electron chi connectivity index (χ0n) is 18.1. The molecule has 5 nitrogen and oxygen atoms in total. The molecule has 3 aromatic rings. The summed E-state index contributed by atoms with van der Waals surface area (Å²) in [5.74, 6) is 1.21. The Bertz CT molecular complexity index is 1160. The Morgan fingerprint density at radius 3 is 2.67 bits per heavy atom. The van der Waals surface area contributed by atoms with Crippen LogP contribution in [0.25, 0.3) is 11.0 Å². The molecule has 30 heavy (non-hydrogen) atoms. The van der Waals surface area contributed by atoms with Crippen LogP contribution >= 0.6 is 0 Å². The van der Waals surface area contributed by atoms with Crippen molar-refractivity contribution >= 4 is 11.0 Å². The molecule has 0 aliphatic rings. The molecule has 2 heterocycles. The number of ether oxygens (including phenoxy) is 1. The molecule has 2 aromatic heterocycles. The third-order valence-corrected chi connectivity index (χ3v) is 5.38. The molecule has 0 bridgehead atoms. The van der Waals surface area contributed by atoms with Gasteiger partial charge in [0.2, 0.25) is 0 Å². The molecule has 1 N–H and O–H groups in total. The van der Waals surface area contributed by atoms with Crippen molar-refractivity contribution in [2.75, 3.05) is 7.11 Å². The quantitative estimate of drug-likeness (QED) is 0.381. The minimum atomic E-state index is -0.534. The average Bonchev–Trinajstić information content (AvgIpc) is 3.11. The van der Waals surface area contributed by atoms with E-state index in [1.54, 1.807) is 24.5 Å². The Kier molecular flexibility index (Phi) is 6.50. The molecule has 0 saturated carbocycles. The van der Waals surface area contributed by atoms with E-state index in [9.17, 15) is 9.90 Å². The van der Waals surface area contributed by atoms with E-state index in [4.69, 9.17) is 13.6 Å². The highest BCUT2D eigenvalue weighted by Crippen LogP contribution is 2.35. The summed E-state index contributed by atoms with van der Waals surface area (Å²) in [6.45, 7) is 7.94. The van der Waals surface area contributed by atoms with Crippen LogP contribution in [0, 0.1) is 6.92 Å². The third kappa shape index (κ3) is 4.67. The first-order chi connectivity index (χ1) is 14.3. The lowest BCUT2D eigenvalue weighted by Gasteiger charge is -2.14. The predicted octanol–water partition coefficient (Wildman–Crippen LogP) is 6.04. The number of allylic oxidation sites excluding steroid dienone is 4. The van der Waals surface area contributed by atoms with Gasteiger partial charge in [0, 0.05) is 18.4 Å². The number of methoxy groups -OCH3 is 1. The van der Waals surface area contributed by atoms with Crippen molar-refractivity contribution in [3.05, 3.63) is 81.1 Å². The standard InChI is InChI=1S/C25H28O5/c1-15(11-20-12-16(2)14-29-20)7-6-8-17(3)18(4)23-24(26)21-10-9-19(28-5)13-22(21)30-25(23)27/h7-10,12-14,18,26H,6,11H2,1-5H3/b15-7+,17-8+/t18-/m1/s1. The van der Waals surface area contributed by atoms with Crippen molar-refractivity contribution in [2.24, 2.45) is 0 Å². The Balaban J connectivity index is 1.79. The van der Waals surface area contributed by atoms with E-state index in [0.29, 0.717) is 16.7 Å². The van der Waals surface area contributed by atoms with Gasteiger partial charge in [-0.3, -0.25) is 0 Å². The summed E-state index contributed by atoms with van der Waals surface area (Å²) in [7, 11) is 1.54. The fourth-order valence-electron chi connectivity index (χ4n) is 3.47. The summed E-state index contributed by atoms with van der Waals surface area (Å²) in [6, 6.07) is 7.07. The highest BCUT2D eigenvalue weighted by Gasteiger charge is 2.21. The van der Waals surface area contributed by atoms with Crippen molar-refractivity contribution in [2.45, 2.75) is 46.5 Å². The Labute approximate surface area is 176 Å². The number of hydrogen-bond donors (Lipinski definition) is 1. The highest BCUT2D eigenvalue weighted by molar-refractivity contribution is 5.85. The van der Waals surface area contributed by atoms with Gasteiger partial charge >= 0.3 is 5.63 Å². The molecular formula is C25H28O5. The molecule has 0 radical (unpaired) electrons. The topological polar surface area (TPSA) is 72.8 Å². The molecule has 0 saturated heterocycles. The molecule has 0 spiro atoms. The zero-order chi connectivity index (χ0) is 21.8. The summed E-state index contributed by atoms with van der Waals surface area (Å²) < 4.78 is 16.1. The van der Waals surface area contributed by atoms with Gasteiger partial charge in [-0.05, 0) is 51.0 Å². The number of aromatic hydroxyl groups is 1. The summed E-state index contributed by atoms with van der Waals surface area (Å²) in [6.07, 6.45) is 7.47. The van der Waals surface area contributed by atoms with Gasteiger partial charge in [0.15, 0.2) is 0 Å². The molecule has 3 rings (SSSR count). The van der Waals surface area contributed by atoms with Crippen molar-refractivity contribution in [3.63, 3.8) is 0 Å². The van der Waals surface area contributed by atoms with Crippen LogP contribution in [0.3, 0.4) is 0 Å². The highest BCUT2D eigenvalue weighted by atomic mass is 16.5. The number of furan rings is 1. The van der Waals surface area contributed by atoms with Crippen LogP contribution in [0.4, 0.5) is 0 Å². The smallest absolute Gasteiger partial charge is 0.343 e. The second kappa shape index (κ2) is 9.08. The molecule has 0 aliphatic carbocycles. The number of aryl methyl sites for hydroxylation is 1. The lowest BCUT2D eigenvalue weighted by molar-refractivity contribution is 0.413. The van der Waals surface area contributed by atoms with Gasteiger partial charge in [-0.2, -0.15) is 0 Å².